The van der Waals surface area contributed by atoms with Crippen LogP contribution in [0.4, 0.5) is 4.79 Å². The summed E-state index contributed by atoms with van der Waals surface area (Å²) in [6.07, 6.45) is 0.0579. The second kappa shape index (κ2) is 7.58. The van der Waals surface area contributed by atoms with Crippen LogP contribution in [-0.2, 0) is 6.54 Å². The molecular weight excluding hydrogens is 352 g/mol. The van der Waals surface area contributed by atoms with Crippen LogP contribution in [0.15, 0.2) is 24.3 Å². The highest BCUT2D eigenvalue weighted by molar-refractivity contribution is 6.30. The first kappa shape index (κ1) is 18.6. The fourth-order valence-corrected chi connectivity index (χ4v) is 3.32. The number of hydrogen-bond acceptors (Lipinski definition) is 3. The van der Waals surface area contributed by atoms with Gasteiger partial charge in [-0.1, -0.05) is 11.6 Å². The Morgan fingerprint density at radius 2 is 2.08 bits per heavy atom. The quantitative estimate of drug-likeness (QED) is 0.865. The number of ether oxygens (including phenoxy) is 1. The number of carbonyl (C=O) groups excluding carboxylic acids is 1. The molecule has 0 saturated carbocycles. The number of nitrogens with one attached hydrogen (secondary N) is 1. The van der Waals surface area contributed by atoms with Gasteiger partial charge in [0.25, 0.3) is 0 Å². The molecular formula is C19H25ClN4O2. The third-order valence-corrected chi connectivity index (χ3v) is 4.59. The summed E-state index contributed by atoms with van der Waals surface area (Å²) in [5, 5.41) is 8.07. The molecule has 1 aliphatic rings. The Kier molecular flexibility index (Phi) is 5.41. The Morgan fingerprint density at radius 3 is 2.69 bits per heavy atom. The van der Waals surface area contributed by atoms with Crippen LogP contribution >= 0.6 is 11.6 Å². The Labute approximate surface area is 159 Å². The van der Waals surface area contributed by atoms with Gasteiger partial charge in [-0.25, -0.2) is 4.79 Å². The van der Waals surface area contributed by atoms with Gasteiger partial charge < -0.3 is 15.0 Å². The first-order chi connectivity index (χ1) is 12.3. The van der Waals surface area contributed by atoms with Gasteiger partial charge in [0.05, 0.1) is 17.8 Å². The summed E-state index contributed by atoms with van der Waals surface area (Å²) in [7, 11) is 0. The smallest absolute Gasteiger partial charge is 0.317 e. The summed E-state index contributed by atoms with van der Waals surface area (Å²) in [4.78, 5) is 14.2. The third-order valence-electron chi connectivity index (χ3n) is 4.36. The van der Waals surface area contributed by atoms with Gasteiger partial charge in [0.15, 0.2) is 0 Å². The molecule has 7 heteroatoms. The summed E-state index contributed by atoms with van der Waals surface area (Å²) in [5.74, 6) is 0.744. The molecule has 1 aromatic carbocycles. The zero-order valence-electron chi connectivity index (χ0n) is 15.6. The van der Waals surface area contributed by atoms with Crippen molar-refractivity contribution in [1.82, 2.24) is 20.0 Å². The molecule has 0 atom stereocenters. The number of amides is 2. The van der Waals surface area contributed by atoms with E-state index in [0.717, 1.165) is 22.7 Å². The van der Waals surface area contributed by atoms with Crippen molar-refractivity contribution in [1.29, 1.82) is 0 Å². The number of aromatic nitrogens is 2. The van der Waals surface area contributed by atoms with E-state index in [9.17, 15) is 4.79 Å². The van der Waals surface area contributed by atoms with Gasteiger partial charge in [-0.3, -0.25) is 4.68 Å². The number of carbonyl (C=O) groups is 1. The first-order valence-electron chi connectivity index (χ1n) is 8.84. The van der Waals surface area contributed by atoms with Crippen molar-refractivity contribution in [3.63, 3.8) is 0 Å². The van der Waals surface area contributed by atoms with E-state index < -0.39 is 0 Å². The molecule has 1 fully saturated rings. The molecule has 140 valence electrons. The van der Waals surface area contributed by atoms with E-state index in [1.165, 1.54) is 0 Å². The van der Waals surface area contributed by atoms with Gasteiger partial charge in [-0.15, -0.1) is 0 Å². The van der Waals surface area contributed by atoms with Gasteiger partial charge in [0, 0.05) is 35.9 Å². The molecule has 2 heterocycles. The molecule has 1 aromatic heterocycles. The minimum Gasteiger partial charge on any atom is -0.491 e. The van der Waals surface area contributed by atoms with E-state index in [-0.39, 0.29) is 18.2 Å². The van der Waals surface area contributed by atoms with Crippen molar-refractivity contribution in [2.45, 2.75) is 46.4 Å². The predicted molar refractivity (Wildman–Crippen MR) is 102 cm³/mol. The topological polar surface area (TPSA) is 59.4 Å². The van der Waals surface area contributed by atoms with Crippen molar-refractivity contribution in [2.75, 3.05) is 13.1 Å². The highest BCUT2D eigenvalue weighted by Crippen LogP contribution is 2.25. The van der Waals surface area contributed by atoms with Crippen LogP contribution in [0, 0.1) is 13.8 Å². The first-order valence-corrected chi connectivity index (χ1v) is 9.22. The van der Waals surface area contributed by atoms with Gasteiger partial charge in [-0.2, -0.15) is 5.10 Å². The molecule has 0 radical (unpaired) electrons. The van der Waals surface area contributed by atoms with E-state index in [1.807, 2.05) is 44.5 Å². The van der Waals surface area contributed by atoms with Crippen LogP contribution < -0.4 is 10.1 Å². The van der Waals surface area contributed by atoms with Crippen molar-refractivity contribution in [3.05, 3.63) is 46.2 Å². The number of aryl methyl sites for hydroxylation is 2. The molecule has 3 rings (SSSR count). The number of likely N-dealkylation sites (tertiary alicyclic amines) is 1. The van der Waals surface area contributed by atoms with E-state index in [2.05, 4.69) is 16.5 Å². The second-order valence-electron chi connectivity index (χ2n) is 7.01. The summed E-state index contributed by atoms with van der Waals surface area (Å²) in [6.45, 7) is 9.67. The largest absolute Gasteiger partial charge is 0.491 e. The molecule has 26 heavy (non-hydrogen) atoms. The van der Waals surface area contributed by atoms with Crippen LogP contribution in [0.5, 0.6) is 5.75 Å². The third kappa shape index (κ3) is 4.12. The summed E-state index contributed by atoms with van der Waals surface area (Å²) in [6, 6.07) is 7.68. The highest BCUT2D eigenvalue weighted by Gasteiger charge is 2.33. The van der Waals surface area contributed by atoms with Crippen LogP contribution in [-0.4, -0.2) is 39.9 Å². The SMILES string of the molecule is Cc1cc(C)n(C2CN(C(=O)NCc3cc(Cl)ccc3OC(C)C)C2)n1. The Hall–Kier alpha value is -2.21. The predicted octanol–water partition coefficient (Wildman–Crippen LogP) is 3.71. The summed E-state index contributed by atoms with van der Waals surface area (Å²) < 4.78 is 7.79. The van der Waals surface area contributed by atoms with E-state index in [4.69, 9.17) is 16.3 Å². The molecule has 2 aromatic rings. The Balaban J connectivity index is 1.56. The highest BCUT2D eigenvalue weighted by atomic mass is 35.5. The second-order valence-corrected chi connectivity index (χ2v) is 7.44. The number of hydrogen-bond donors (Lipinski definition) is 1. The summed E-state index contributed by atoms with van der Waals surface area (Å²) >= 11 is 6.09. The molecule has 1 aliphatic heterocycles. The summed E-state index contributed by atoms with van der Waals surface area (Å²) in [5.41, 5.74) is 3.00. The van der Waals surface area contributed by atoms with Crippen molar-refractivity contribution < 1.29 is 9.53 Å². The fourth-order valence-electron chi connectivity index (χ4n) is 3.13. The van der Waals surface area contributed by atoms with Gasteiger partial charge >= 0.3 is 6.03 Å². The molecule has 0 spiro atoms. The number of rotatable bonds is 5. The minimum atomic E-state index is -0.0850. The average molecular weight is 377 g/mol. The lowest BCUT2D eigenvalue weighted by Gasteiger charge is -2.39. The molecule has 1 N–H and O–H groups in total. The monoisotopic (exact) mass is 376 g/mol. The maximum Gasteiger partial charge on any atom is 0.317 e. The van der Waals surface area contributed by atoms with Gasteiger partial charge in [-0.05, 0) is 52.0 Å². The number of nitrogens with zero attached hydrogens (tertiary/aromatic N) is 3. The van der Waals surface area contributed by atoms with E-state index >= 15 is 0 Å². The lowest BCUT2D eigenvalue weighted by atomic mass is 10.1. The van der Waals surface area contributed by atoms with E-state index in [0.29, 0.717) is 24.7 Å². The van der Waals surface area contributed by atoms with Crippen molar-refractivity contribution in [3.8, 4) is 5.75 Å². The molecule has 6 nitrogen and oxygen atoms in total. The molecule has 2 amide bonds. The zero-order chi connectivity index (χ0) is 18.8. The lowest BCUT2D eigenvalue weighted by molar-refractivity contribution is 0.117. The normalized spacial score (nSPS) is 14.5. The van der Waals surface area contributed by atoms with Crippen LogP contribution in [0.3, 0.4) is 0 Å². The average Bonchev–Trinajstić information content (AvgIpc) is 2.84. The van der Waals surface area contributed by atoms with E-state index in [1.54, 1.807) is 11.0 Å². The van der Waals surface area contributed by atoms with Crippen molar-refractivity contribution in [2.24, 2.45) is 0 Å². The molecule has 1 saturated heterocycles. The molecule has 0 aliphatic carbocycles. The molecule has 0 bridgehead atoms. The van der Waals surface area contributed by atoms with Crippen LogP contribution in [0.2, 0.25) is 5.02 Å². The number of urea groups is 1. The standard InChI is InChI=1S/C19H25ClN4O2/c1-12(2)26-18-6-5-16(20)8-15(18)9-21-19(25)23-10-17(11-23)24-14(4)7-13(3)22-24/h5-8,12,17H,9-11H2,1-4H3,(H,21,25). The van der Waals surface area contributed by atoms with Crippen molar-refractivity contribution >= 4 is 17.6 Å². The number of halogens is 1. The van der Waals surface area contributed by atoms with Crippen LogP contribution in [0.25, 0.3) is 0 Å². The maximum absolute atomic E-state index is 12.4. The lowest BCUT2D eigenvalue weighted by Crippen LogP contribution is -2.54. The van der Waals surface area contributed by atoms with Gasteiger partial charge in [0.2, 0.25) is 0 Å². The Morgan fingerprint density at radius 1 is 1.35 bits per heavy atom. The maximum atomic E-state index is 12.4. The fraction of sp³-hybridized carbons (Fsp3) is 0.474. The molecule has 0 unspecified atom stereocenters. The minimum absolute atomic E-state index is 0.0579. The van der Waals surface area contributed by atoms with Crippen LogP contribution in [0.1, 0.15) is 36.8 Å². The Bertz CT molecular complexity index is 797. The zero-order valence-corrected chi connectivity index (χ0v) is 16.4. The number of benzene rings is 1. The van der Waals surface area contributed by atoms with Gasteiger partial charge in [0.1, 0.15) is 5.75 Å².